The van der Waals surface area contributed by atoms with E-state index in [1.54, 1.807) is 11.8 Å². The van der Waals surface area contributed by atoms with Gasteiger partial charge in [-0.2, -0.15) is 0 Å². The molecule has 2 heterocycles. The third-order valence-electron chi connectivity index (χ3n) is 3.43. The predicted molar refractivity (Wildman–Crippen MR) is 66.2 cm³/mol. The maximum atomic E-state index is 12.0. The van der Waals surface area contributed by atoms with E-state index in [1.807, 2.05) is 4.90 Å². The van der Waals surface area contributed by atoms with Crippen LogP contribution in [0.1, 0.15) is 19.8 Å². The minimum Gasteiger partial charge on any atom is -0.378 e. The lowest BCUT2D eigenvalue weighted by Crippen LogP contribution is -2.52. The third-order valence-corrected chi connectivity index (χ3v) is 3.43. The van der Waals surface area contributed by atoms with Crippen molar-refractivity contribution >= 4 is 11.9 Å². The molecule has 6 nitrogen and oxygen atoms in total. The Morgan fingerprint density at radius 2 is 1.67 bits per heavy atom. The van der Waals surface area contributed by atoms with Gasteiger partial charge in [-0.15, -0.1) is 0 Å². The van der Waals surface area contributed by atoms with Gasteiger partial charge in [-0.25, -0.2) is 4.79 Å². The summed E-state index contributed by atoms with van der Waals surface area (Å²) in [5, 5.41) is 2.77. The number of nitrogens with one attached hydrogen (secondary N) is 1. The summed E-state index contributed by atoms with van der Waals surface area (Å²) >= 11 is 0. The quantitative estimate of drug-likeness (QED) is 0.758. The minimum atomic E-state index is -0.446. The average Bonchev–Trinajstić information content (AvgIpc) is 2.92. The molecule has 3 amide bonds. The Balaban J connectivity index is 1.80. The van der Waals surface area contributed by atoms with Crippen LogP contribution in [0.3, 0.4) is 0 Å². The van der Waals surface area contributed by atoms with E-state index in [0.717, 1.165) is 25.9 Å². The van der Waals surface area contributed by atoms with Gasteiger partial charge in [0.15, 0.2) is 0 Å². The monoisotopic (exact) mass is 255 g/mol. The Morgan fingerprint density at radius 1 is 1.06 bits per heavy atom. The van der Waals surface area contributed by atoms with E-state index < -0.39 is 6.04 Å². The summed E-state index contributed by atoms with van der Waals surface area (Å²) in [6, 6.07) is -0.614. The maximum Gasteiger partial charge on any atom is 0.318 e. The molecule has 2 rings (SSSR count). The van der Waals surface area contributed by atoms with Gasteiger partial charge in [-0.3, -0.25) is 4.79 Å². The average molecular weight is 255 g/mol. The van der Waals surface area contributed by atoms with Crippen molar-refractivity contribution in [2.45, 2.75) is 25.8 Å². The Hall–Kier alpha value is -1.30. The second-order valence-electron chi connectivity index (χ2n) is 4.80. The second kappa shape index (κ2) is 6.04. The van der Waals surface area contributed by atoms with Crippen LogP contribution in [0.5, 0.6) is 0 Å². The first-order valence-electron chi connectivity index (χ1n) is 6.60. The van der Waals surface area contributed by atoms with E-state index in [2.05, 4.69) is 5.32 Å². The largest absolute Gasteiger partial charge is 0.378 e. The summed E-state index contributed by atoms with van der Waals surface area (Å²) in [7, 11) is 0. The zero-order chi connectivity index (χ0) is 13.0. The smallest absolute Gasteiger partial charge is 0.318 e. The van der Waals surface area contributed by atoms with Gasteiger partial charge in [0.1, 0.15) is 6.04 Å². The van der Waals surface area contributed by atoms with Crippen molar-refractivity contribution in [3.05, 3.63) is 0 Å². The van der Waals surface area contributed by atoms with Crippen LogP contribution in [0.15, 0.2) is 0 Å². The van der Waals surface area contributed by atoms with Gasteiger partial charge in [0.2, 0.25) is 5.91 Å². The van der Waals surface area contributed by atoms with E-state index in [9.17, 15) is 9.59 Å². The molecule has 18 heavy (non-hydrogen) atoms. The second-order valence-corrected chi connectivity index (χ2v) is 4.80. The SMILES string of the molecule is C[C@@H](NC(=O)N1CCOCC1)C(=O)N1CCCC1. The molecule has 0 aliphatic carbocycles. The topological polar surface area (TPSA) is 61.9 Å². The fourth-order valence-electron chi connectivity index (χ4n) is 2.32. The molecule has 2 aliphatic heterocycles. The molecule has 0 spiro atoms. The third kappa shape index (κ3) is 3.13. The molecule has 2 fully saturated rings. The molecule has 102 valence electrons. The fourth-order valence-corrected chi connectivity index (χ4v) is 2.32. The molecule has 0 radical (unpaired) electrons. The van der Waals surface area contributed by atoms with Crippen LogP contribution >= 0.6 is 0 Å². The van der Waals surface area contributed by atoms with E-state index >= 15 is 0 Å². The summed E-state index contributed by atoms with van der Waals surface area (Å²) in [6.45, 7) is 5.71. The molecule has 1 N–H and O–H groups in total. The first kappa shape index (κ1) is 13.1. The van der Waals surface area contributed by atoms with E-state index in [0.29, 0.717) is 26.3 Å². The lowest BCUT2D eigenvalue weighted by atomic mass is 10.3. The zero-order valence-electron chi connectivity index (χ0n) is 10.9. The number of urea groups is 1. The number of hydrogen-bond acceptors (Lipinski definition) is 3. The molecule has 0 aromatic carbocycles. The van der Waals surface area contributed by atoms with Crippen molar-refractivity contribution in [2.24, 2.45) is 0 Å². The van der Waals surface area contributed by atoms with Crippen molar-refractivity contribution in [1.82, 2.24) is 15.1 Å². The molecule has 1 atom stereocenters. The highest BCUT2D eigenvalue weighted by Crippen LogP contribution is 2.09. The number of likely N-dealkylation sites (tertiary alicyclic amines) is 1. The first-order chi connectivity index (χ1) is 8.68. The summed E-state index contributed by atoms with van der Waals surface area (Å²) < 4.78 is 5.19. The summed E-state index contributed by atoms with van der Waals surface area (Å²) in [4.78, 5) is 27.5. The van der Waals surface area contributed by atoms with Gasteiger partial charge in [-0.05, 0) is 19.8 Å². The fraction of sp³-hybridized carbons (Fsp3) is 0.833. The lowest BCUT2D eigenvalue weighted by Gasteiger charge is -2.29. The number of morpholine rings is 1. The molecule has 2 aliphatic rings. The van der Waals surface area contributed by atoms with Crippen molar-refractivity contribution in [3.63, 3.8) is 0 Å². The first-order valence-corrected chi connectivity index (χ1v) is 6.60. The van der Waals surface area contributed by atoms with Crippen LogP contribution in [0.4, 0.5) is 4.79 Å². The minimum absolute atomic E-state index is 0.0223. The number of carbonyl (C=O) groups is 2. The number of carbonyl (C=O) groups excluding carboxylic acids is 2. The highest BCUT2D eigenvalue weighted by atomic mass is 16.5. The number of amides is 3. The van der Waals surface area contributed by atoms with Crippen LogP contribution in [-0.4, -0.2) is 67.2 Å². The summed E-state index contributed by atoms with van der Waals surface area (Å²) in [5.74, 6) is 0.0223. The van der Waals surface area contributed by atoms with Gasteiger partial charge in [0.05, 0.1) is 13.2 Å². The molecule has 0 unspecified atom stereocenters. The van der Waals surface area contributed by atoms with Gasteiger partial charge in [-0.1, -0.05) is 0 Å². The number of nitrogens with zero attached hydrogens (tertiary/aromatic N) is 2. The summed E-state index contributed by atoms with van der Waals surface area (Å²) in [5.41, 5.74) is 0. The van der Waals surface area contributed by atoms with Crippen LogP contribution in [0, 0.1) is 0 Å². The maximum absolute atomic E-state index is 12.0. The van der Waals surface area contributed by atoms with E-state index in [4.69, 9.17) is 4.74 Å². The number of hydrogen-bond donors (Lipinski definition) is 1. The van der Waals surface area contributed by atoms with Crippen LogP contribution in [0.25, 0.3) is 0 Å². The van der Waals surface area contributed by atoms with Crippen molar-refractivity contribution < 1.29 is 14.3 Å². The number of ether oxygens (including phenoxy) is 1. The highest BCUT2D eigenvalue weighted by molar-refractivity contribution is 5.86. The molecular weight excluding hydrogens is 234 g/mol. The standard InChI is InChI=1S/C12H21N3O3/c1-10(11(16)14-4-2-3-5-14)13-12(17)15-6-8-18-9-7-15/h10H,2-9H2,1H3,(H,13,17)/t10-/m1/s1. The zero-order valence-corrected chi connectivity index (χ0v) is 10.9. The van der Waals surface area contributed by atoms with Gasteiger partial charge in [0.25, 0.3) is 0 Å². The molecule has 0 aromatic rings. The van der Waals surface area contributed by atoms with E-state index in [-0.39, 0.29) is 11.9 Å². The van der Waals surface area contributed by atoms with Crippen molar-refractivity contribution in [3.8, 4) is 0 Å². The molecular formula is C12H21N3O3. The van der Waals surface area contributed by atoms with Crippen molar-refractivity contribution in [2.75, 3.05) is 39.4 Å². The van der Waals surface area contributed by atoms with Gasteiger partial charge < -0.3 is 19.9 Å². The normalized spacial score (nSPS) is 21.8. The lowest BCUT2D eigenvalue weighted by molar-refractivity contribution is -0.131. The summed E-state index contributed by atoms with van der Waals surface area (Å²) in [6.07, 6.45) is 2.13. The van der Waals surface area contributed by atoms with Crippen molar-refractivity contribution in [1.29, 1.82) is 0 Å². The Morgan fingerprint density at radius 3 is 2.28 bits per heavy atom. The molecule has 0 saturated carbocycles. The Labute approximate surface area is 107 Å². The highest BCUT2D eigenvalue weighted by Gasteiger charge is 2.26. The Bertz CT molecular complexity index is 310. The van der Waals surface area contributed by atoms with Crippen LogP contribution < -0.4 is 5.32 Å². The number of rotatable bonds is 2. The van der Waals surface area contributed by atoms with Crippen LogP contribution in [0.2, 0.25) is 0 Å². The van der Waals surface area contributed by atoms with Gasteiger partial charge >= 0.3 is 6.03 Å². The van der Waals surface area contributed by atoms with Gasteiger partial charge in [0, 0.05) is 26.2 Å². The molecule has 0 bridgehead atoms. The van der Waals surface area contributed by atoms with E-state index in [1.165, 1.54) is 0 Å². The Kier molecular flexibility index (Phi) is 4.41. The molecule has 6 heteroatoms. The molecule has 0 aromatic heterocycles. The molecule has 2 saturated heterocycles. The van der Waals surface area contributed by atoms with Crippen LogP contribution in [-0.2, 0) is 9.53 Å². The predicted octanol–water partition coefficient (Wildman–Crippen LogP) is 0.0391.